The Morgan fingerprint density at radius 1 is 1.09 bits per heavy atom. The van der Waals surface area contributed by atoms with Crippen molar-refractivity contribution in [2.24, 2.45) is 0 Å². The zero-order valence-corrected chi connectivity index (χ0v) is 21.9. The minimum absolute atomic E-state index is 0.0241. The van der Waals surface area contributed by atoms with Gasteiger partial charge in [0, 0.05) is 53.9 Å². The second-order valence-electron chi connectivity index (χ2n) is 9.19. The number of nitrogens with zero attached hydrogens (tertiary/aromatic N) is 2. The lowest BCUT2D eigenvalue weighted by molar-refractivity contribution is 0.0345. The first-order chi connectivity index (χ1) is 17.0. The maximum absolute atomic E-state index is 13.0. The van der Waals surface area contributed by atoms with E-state index in [1.54, 1.807) is 29.6 Å². The third-order valence-corrected chi connectivity index (χ3v) is 9.37. The zero-order chi connectivity index (χ0) is 24.4. The quantitative estimate of drug-likeness (QED) is 0.430. The van der Waals surface area contributed by atoms with Crippen LogP contribution >= 0.6 is 22.7 Å². The fourth-order valence-corrected chi connectivity index (χ4v) is 7.59. The highest BCUT2D eigenvalue weighted by atomic mass is 32.1. The number of fused-ring (bicyclic) bond motifs is 1. The molecule has 1 fully saturated rings. The van der Waals surface area contributed by atoms with Crippen LogP contribution in [0.1, 0.15) is 56.6 Å². The molecule has 1 aliphatic carbocycles. The molecule has 35 heavy (non-hydrogen) atoms. The Morgan fingerprint density at radius 3 is 2.57 bits per heavy atom. The number of nitrogens with one attached hydrogen (secondary N) is 2. The number of aryl methyl sites for hydroxylation is 1. The van der Waals surface area contributed by atoms with Crippen LogP contribution in [-0.4, -0.2) is 47.6 Å². The Labute approximate surface area is 214 Å². The summed E-state index contributed by atoms with van der Waals surface area (Å²) < 4.78 is 7.62. The molecule has 1 saturated heterocycles. The average molecular weight is 513 g/mol. The van der Waals surface area contributed by atoms with Crippen molar-refractivity contribution in [3.63, 3.8) is 0 Å². The molecule has 5 rings (SSSR count). The number of amides is 2. The maximum Gasteiger partial charge on any atom is 0.320 e. The molecule has 0 bridgehead atoms. The first-order valence-electron chi connectivity index (χ1n) is 12.3. The lowest BCUT2D eigenvalue weighted by atomic mass is 9.94. The molecule has 0 saturated carbocycles. The number of carbonyl (C=O) groups excluding carboxylic acids is 2. The van der Waals surface area contributed by atoms with E-state index in [-0.39, 0.29) is 11.8 Å². The number of morpholine rings is 1. The van der Waals surface area contributed by atoms with Gasteiger partial charge in [-0.15, -0.1) is 22.7 Å². The zero-order valence-electron chi connectivity index (χ0n) is 20.3. The summed E-state index contributed by atoms with van der Waals surface area (Å²) in [6.07, 6.45) is 8.24. The van der Waals surface area contributed by atoms with Gasteiger partial charge in [-0.1, -0.05) is 0 Å². The van der Waals surface area contributed by atoms with E-state index in [1.807, 2.05) is 24.5 Å². The third-order valence-electron chi connectivity index (χ3n) is 6.83. The van der Waals surface area contributed by atoms with Gasteiger partial charge < -0.3 is 14.6 Å². The van der Waals surface area contributed by atoms with Crippen molar-refractivity contribution >= 4 is 39.5 Å². The van der Waals surface area contributed by atoms with Crippen molar-refractivity contribution in [1.82, 2.24) is 14.8 Å². The summed E-state index contributed by atoms with van der Waals surface area (Å²) in [7, 11) is 0. The summed E-state index contributed by atoms with van der Waals surface area (Å²) in [6, 6.07) is 3.76. The van der Waals surface area contributed by atoms with E-state index >= 15 is 0 Å². The molecule has 0 atom stereocenters. The number of thiophene rings is 2. The van der Waals surface area contributed by atoms with Crippen molar-refractivity contribution in [3.8, 4) is 5.00 Å². The largest absolute Gasteiger partial charge is 0.379 e. The number of anilines is 1. The van der Waals surface area contributed by atoms with Gasteiger partial charge in [-0.05, 0) is 62.8 Å². The van der Waals surface area contributed by atoms with E-state index in [2.05, 4.69) is 27.0 Å². The van der Waals surface area contributed by atoms with E-state index in [9.17, 15) is 9.59 Å². The van der Waals surface area contributed by atoms with Gasteiger partial charge in [0.15, 0.2) is 5.78 Å². The van der Waals surface area contributed by atoms with Gasteiger partial charge >= 0.3 is 6.03 Å². The van der Waals surface area contributed by atoms with E-state index in [0.717, 1.165) is 74.7 Å². The lowest BCUT2D eigenvalue weighted by Gasteiger charge is -2.26. The first-order valence-corrected chi connectivity index (χ1v) is 13.9. The highest BCUT2D eigenvalue weighted by molar-refractivity contribution is 7.17. The van der Waals surface area contributed by atoms with Gasteiger partial charge in [0.1, 0.15) is 10.0 Å². The normalized spacial score (nSPS) is 16.2. The van der Waals surface area contributed by atoms with Gasteiger partial charge in [-0.3, -0.25) is 15.0 Å². The predicted molar refractivity (Wildman–Crippen MR) is 141 cm³/mol. The lowest BCUT2D eigenvalue weighted by Crippen LogP contribution is -2.35. The molecule has 0 radical (unpaired) electrons. The third kappa shape index (κ3) is 5.23. The fourth-order valence-electron chi connectivity index (χ4n) is 4.93. The van der Waals surface area contributed by atoms with E-state index in [1.165, 1.54) is 15.3 Å². The number of Topliss-reactive ketones (excluding diaryl/α,β-unsaturated/α-hetero) is 1. The van der Waals surface area contributed by atoms with E-state index in [4.69, 9.17) is 4.74 Å². The summed E-state index contributed by atoms with van der Waals surface area (Å²) in [4.78, 5) is 30.3. The molecule has 4 heterocycles. The maximum atomic E-state index is 13.0. The van der Waals surface area contributed by atoms with Crippen molar-refractivity contribution in [3.05, 3.63) is 56.5 Å². The van der Waals surface area contributed by atoms with Gasteiger partial charge in [-0.25, -0.2) is 4.79 Å². The minimum atomic E-state index is -0.273. The summed E-state index contributed by atoms with van der Waals surface area (Å²) in [5.74, 6) is 0.0241. The smallest absolute Gasteiger partial charge is 0.320 e. The predicted octanol–water partition coefficient (Wildman–Crippen LogP) is 5.14. The average Bonchev–Trinajstić information content (AvgIpc) is 3.57. The SMILES string of the molecule is CC(=O)c1c(NC(=O)NCc2c(-n3cccc3)sc(CN3CCOCC3)c2C)sc2c1CCCC2. The molecule has 0 aromatic carbocycles. The van der Waals surface area contributed by atoms with Gasteiger partial charge in [0.25, 0.3) is 0 Å². The number of ketones is 1. The highest BCUT2D eigenvalue weighted by Crippen LogP contribution is 2.38. The van der Waals surface area contributed by atoms with Crippen LogP contribution in [0.15, 0.2) is 24.5 Å². The molecule has 2 aliphatic rings. The van der Waals surface area contributed by atoms with Crippen LogP contribution in [-0.2, 0) is 30.7 Å². The Hall–Kier alpha value is -2.46. The molecule has 0 spiro atoms. The molecular weight excluding hydrogens is 480 g/mol. The molecular formula is C26H32N4O3S2. The summed E-state index contributed by atoms with van der Waals surface area (Å²) in [5, 5.41) is 7.86. The van der Waals surface area contributed by atoms with Gasteiger partial charge in [0.05, 0.1) is 18.8 Å². The van der Waals surface area contributed by atoms with E-state index < -0.39 is 0 Å². The summed E-state index contributed by atoms with van der Waals surface area (Å²) in [6.45, 7) is 8.48. The van der Waals surface area contributed by atoms with Crippen LogP contribution in [0, 0.1) is 6.92 Å². The molecule has 0 unspecified atom stereocenters. The Kier molecular flexibility index (Phi) is 7.38. The topological polar surface area (TPSA) is 75.6 Å². The Morgan fingerprint density at radius 2 is 1.83 bits per heavy atom. The number of hydrogen-bond donors (Lipinski definition) is 2. The molecule has 9 heteroatoms. The van der Waals surface area contributed by atoms with Gasteiger partial charge in [0.2, 0.25) is 0 Å². The molecule has 1 aliphatic heterocycles. The van der Waals surface area contributed by atoms with Crippen LogP contribution in [0.5, 0.6) is 0 Å². The Balaban J connectivity index is 1.33. The highest BCUT2D eigenvalue weighted by Gasteiger charge is 2.25. The van der Waals surface area contributed by atoms with Crippen molar-refractivity contribution in [2.75, 3.05) is 31.6 Å². The number of ether oxygens (including phenoxy) is 1. The van der Waals surface area contributed by atoms with Crippen LogP contribution in [0.3, 0.4) is 0 Å². The second-order valence-corrected chi connectivity index (χ2v) is 11.4. The molecule has 2 amide bonds. The second kappa shape index (κ2) is 10.7. The van der Waals surface area contributed by atoms with Crippen molar-refractivity contribution in [1.29, 1.82) is 0 Å². The number of aromatic nitrogens is 1. The number of hydrogen-bond acceptors (Lipinski definition) is 6. The number of urea groups is 1. The van der Waals surface area contributed by atoms with Crippen LogP contribution < -0.4 is 10.6 Å². The van der Waals surface area contributed by atoms with Gasteiger partial charge in [-0.2, -0.15) is 0 Å². The van der Waals surface area contributed by atoms with Crippen LogP contribution in [0.4, 0.5) is 9.80 Å². The van der Waals surface area contributed by atoms with Crippen LogP contribution in [0.25, 0.3) is 5.00 Å². The minimum Gasteiger partial charge on any atom is -0.379 e. The Bertz CT molecular complexity index is 1210. The molecule has 3 aromatic rings. The number of carbonyl (C=O) groups is 2. The first kappa shape index (κ1) is 24.2. The summed E-state index contributed by atoms with van der Waals surface area (Å²) >= 11 is 3.34. The monoisotopic (exact) mass is 512 g/mol. The molecule has 186 valence electrons. The van der Waals surface area contributed by atoms with Crippen molar-refractivity contribution in [2.45, 2.75) is 52.6 Å². The van der Waals surface area contributed by atoms with E-state index in [0.29, 0.717) is 17.1 Å². The molecule has 3 aromatic heterocycles. The van der Waals surface area contributed by atoms with Crippen LogP contribution in [0.2, 0.25) is 0 Å². The van der Waals surface area contributed by atoms with Crippen molar-refractivity contribution < 1.29 is 14.3 Å². The molecule has 2 N–H and O–H groups in total. The number of rotatable bonds is 7. The summed E-state index contributed by atoms with van der Waals surface area (Å²) in [5.41, 5.74) is 4.19. The standard InChI is InChI=1S/C26H32N4O3S2/c1-17-20(25(30-9-5-6-10-30)35-22(17)16-29-11-13-33-14-12-29)15-27-26(32)28-24-23(18(2)31)19-7-3-4-8-21(19)34-24/h5-6,9-10H,3-4,7-8,11-16H2,1-2H3,(H2,27,28,32). The molecule has 7 nitrogen and oxygen atoms in total. The fraction of sp³-hybridized carbons (Fsp3) is 0.462.